The van der Waals surface area contributed by atoms with Crippen LogP contribution in [0.1, 0.15) is 30.9 Å². The third kappa shape index (κ3) is 2.95. The van der Waals surface area contributed by atoms with Gasteiger partial charge < -0.3 is 15.2 Å². The quantitative estimate of drug-likeness (QED) is 0.711. The highest BCUT2D eigenvalue weighted by atomic mass is 16.5. The number of phenolic OH excluding ortho intramolecular Hbond substituents is 1. The molecule has 1 aromatic heterocycles. The summed E-state index contributed by atoms with van der Waals surface area (Å²) in [5.41, 5.74) is 3.33. The number of ether oxygens (including phenoxy) is 1. The number of methoxy groups -OCH3 is 1. The number of carbonyl (C=O) groups excluding carboxylic acids is 1. The first kappa shape index (κ1) is 17.5. The van der Waals surface area contributed by atoms with Gasteiger partial charge in [0.2, 0.25) is 5.95 Å². The van der Waals surface area contributed by atoms with Crippen molar-refractivity contribution < 1.29 is 14.6 Å². The van der Waals surface area contributed by atoms with E-state index < -0.39 is 0 Å². The van der Waals surface area contributed by atoms with Gasteiger partial charge >= 0.3 is 0 Å². The molecule has 1 unspecified atom stereocenters. The minimum Gasteiger partial charge on any atom is -0.508 e. The molecule has 1 aliphatic carbocycles. The lowest BCUT2D eigenvalue weighted by molar-refractivity contribution is -0.116. The molecule has 0 fully saturated rings. The Bertz CT molecular complexity index is 1130. The molecule has 0 spiro atoms. The van der Waals surface area contributed by atoms with Crippen LogP contribution in [0.5, 0.6) is 11.5 Å². The van der Waals surface area contributed by atoms with Gasteiger partial charge in [-0.3, -0.25) is 4.79 Å². The van der Waals surface area contributed by atoms with Crippen molar-refractivity contribution >= 4 is 11.7 Å². The first-order valence-corrected chi connectivity index (χ1v) is 9.57. The molecule has 0 saturated carbocycles. The number of ketones is 1. The fourth-order valence-corrected chi connectivity index (χ4v) is 4.02. The summed E-state index contributed by atoms with van der Waals surface area (Å²) in [6.45, 7) is 0. The molecule has 0 amide bonds. The van der Waals surface area contributed by atoms with Gasteiger partial charge in [-0.1, -0.05) is 24.3 Å². The monoisotopic (exact) mass is 388 g/mol. The van der Waals surface area contributed by atoms with Gasteiger partial charge in [0.15, 0.2) is 11.6 Å². The van der Waals surface area contributed by atoms with Crippen LogP contribution in [-0.4, -0.2) is 32.8 Å². The second kappa shape index (κ2) is 6.77. The van der Waals surface area contributed by atoms with Crippen molar-refractivity contribution in [2.45, 2.75) is 25.3 Å². The third-order valence-corrected chi connectivity index (χ3v) is 5.40. The SMILES string of the molecule is COc1ccc(C2C3=C(CCCC3=O)Nc3nc(-c4cccc(O)c4)nn32)cc1. The number of rotatable bonds is 3. The van der Waals surface area contributed by atoms with E-state index in [1.54, 1.807) is 30.0 Å². The number of allylic oxidation sites excluding steroid dienone is 2. The minimum atomic E-state index is -0.349. The van der Waals surface area contributed by atoms with Gasteiger partial charge in [0.1, 0.15) is 17.5 Å². The number of benzene rings is 2. The van der Waals surface area contributed by atoms with Crippen molar-refractivity contribution in [1.29, 1.82) is 0 Å². The molecule has 7 heteroatoms. The third-order valence-electron chi connectivity index (χ3n) is 5.40. The molecule has 2 aliphatic rings. The zero-order valence-electron chi connectivity index (χ0n) is 15.9. The van der Waals surface area contributed by atoms with E-state index in [4.69, 9.17) is 9.84 Å². The Balaban J connectivity index is 1.66. The second-order valence-electron chi connectivity index (χ2n) is 7.22. The van der Waals surface area contributed by atoms with Gasteiger partial charge in [-0.15, -0.1) is 5.10 Å². The Morgan fingerprint density at radius 1 is 1.17 bits per heavy atom. The number of phenols is 1. The van der Waals surface area contributed by atoms with E-state index in [0.717, 1.165) is 35.4 Å². The lowest BCUT2D eigenvalue weighted by atomic mass is 9.85. The molecule has 1 atom stereocenters. The molecule has 7 nitrogen and oxygen atoms in total. The van der Waals surface area contributed by atoms with Crippen LogP contribution < -0.4 is 10.1 Å². The predicted molar refractivity (Wildman–Crippen MR) is 108 cm³/mol. The van der Waals surface area contributed by atoms with Crippen molar-refractivity contribution in [2.75, 3.05) is 12.4 Å². The molecule has 0 saturated heterocycles. The summed E-state index contributed by atoms with van der Waals surface area (Å²) in [5.74, 6) is 2.14. The van der Waals surface area contributed by atoms with Crippen LogP contribution in [0.3, 0.4) is 0 Å². The number of carbonyl (C=O) groups is 1. The van der Waals surface area contributed by atoms with Crippen molar-refractivity contribution in [1.82, 2.24) is 14.8 Å². The van der Waals surface area contributed by atoms with Crippen LogP contribution in [0.15, 0.2) is 59.8 Å². The molecule has 5 rings (SSSR count). The normalized spacial score (nSPS) is 18.1. The highest BCUT2D eigenvalue weighted by Gasteiger charge is 2.36. The molecule has 1 aliphatic heterocycles. The predicted octanol–water partition coefficient (Wildman–Crippen LogP) is 3.68. The van der Waals surface area contributed by atoms with E-state index in [1.807, 2.05) is 30.3 Å². The lowest BCUT2D eigenvalue weighted by Crippen LogP contribution is -2.31. The summed E-state index contributed by atoms with van der Waals surface area (Å²) < 4.78 is 7.04. The zero-order valence-corrected chi connectivity index (χ0v) is 15.9. The van der Waals surface area contributed by atoms with Crippen LogP contribution in [0.2, 0.25) is 0 Å². The van der Waals surface area contributed by atoms with Crippen molar-refractivity contribution in [3.05, 3.63) is 65.4 Å². The summed E-state index contributed by atoms with van der Waals surface area (Å²) in [5, 5.41) is 17.8. The molecule has 29 heavy (non-hydrogen) atoms. The Morgan fingerprint density at radius 3 is 2.76 bits per heavy atom. The Kier molecular flexibility index (Phi) is 4.08. The standard InChI is InChI=1S/C22H20N4O3/c1-29-16-10-8-13(9-11-16)20-19-17(6-3-7-18(19)28)23-22-24-21(25-26(20)22)14-4-2-5-15(27)12-14/h2,4-5,8-12,20,27H,3,6-7H2,1H3,(H,23,24,25). The van der Waals surface area contributed by atoms with Crippen molar-refractivity contribution in [3.63, 3.8) is 0 Å². The van der Waals surface area contributed by atoms with E-state index in [2.05, 4.69) is 10.3 Å². The topological polar surface area (TPSA) is 89.3 Å². The second-order valence-corrected chi connectivity index (χ2v) is 7.22. The zero-order chi connectivity index (χ0) is 20.0. The van der Waals surface area contributed by atoms with Gasteiger partial charge in [0.25, 0.3) is 0 Å². The minimum absolute atomic E-state index is 0.139. The van der Waals surface area contributed by atoms with Gasteiger partial charge in [0.05, 0.1) is 7.11 Å². The number of fused-ring (bicyclic) bond motifs is 1. The molecule has 3 aromatic rings. The fourth-order valence-electron chi connectivity index (χ4n) is 4.02. The van der Waals surface area contributed by atoms with Crippen LogP contribution >= 0.6 is 0 Å². The van der Waals surface area contributed by atoms with Crippen molar-refractivity contribution in [2.24, 2.45) is 0 Å². The van der Waals surface area contributed by atoms with Crippen molar-refractivity contribution in [3.8, 4) is 22.9 Å². The Morgan fingerprint density at radius 2 is 2.00 bits per heavy atom. The number of aromatic nitrogens is 3. The molecule has 2 aromatic carbocycles. The largest absolute Gasteiger partial charge is 0.508 e. The van der Waals surface area contributed by atoms with Crippen LogP contribution in [0.25, 0.3) is 11.4 Å². The van der Waals surface area contributed by atoms with Crippen LogP contribution in [-0.2, 0) is 4.79 Å². The Labute approximate surface area is 167 Å². The van der Waals surface area contributed by atoms with Gasteiger partial charge in [-0.2, -0.15) is 4.98 Å². The fraction of sp³-hybridized carbons (Fsp3) is 0.227. The summed E-state index contributed by atoms with van der Waals surface area (Å²) in [6.07, 6.45) is 2.17. The van der Waals surface area contributed by atoms with Crippen LogP contribution in [0.4, 0.5) is 5.95 Å². The molecule has 146 valence electrons. The Hall–Kier alpha value is -3.61. The number of anilines is 1. The maximum absolute atomic E-state index is 12.8. The number of Topliss-reactive ketones (excluding diaryl/α,β-unsaturated/α-hetero) is 1. The maximum atomic E-state index is 12.8. The van der Waals surface area contributed by atoms with E-state index in [-0.39, 0.29) is 17.6 Å². The number of nitrogens with one attached hydrogen (secondary N) is 1. The number of hydrogen-bond donors (Lipinski definition) is 2. The van der Waals surface area contributed by atoms with Gasteiger partial charge in [-0.25, -0.2) is 4.68 Å². The molecule has 0 bridgehead atoms. The molecule has 2 heterocycles. The van der Waals surface area contributed by atoms with E-state index in [0.29, 0.717) is 23.8 Å². The molecular formula is C22H20N4O3. The van der Waals surface area contributed by atoms with E-state index in [1.165, 1.54) is 0 Å². The number of aromatic hydroxyl groups is 1. The first-order valence-electron chi connectivity index (χ1n) is 9.57. The highest BCUT2D eigenvalue weighted by Crippen LogP contribution is 2.41. The highest BCUT2D eigenvalue weighted by molar-refractivity contribution is 5.99. The smallest absolute Gasteiger partial charge is 0.226 e. The van der Waals surface area contributed by atoms with Gasteiger partial charge in [0, 0.05) is 23.3 Å². The summed E-state index contributed by atoms with van der Waals surface area (Å²) >= 11 is 0. The van der Waals surface area contributed by atoms with E-state index >= 15 is 0 Å². The summed E-state index contributed by atoms with van der Waals surface area (Å²) in [6, 6.07) is 14.2. The van der Waals surface area contributed by atoms with E-state index in [9.17, 15) is 9.90 Å². The first-order chi connectivity index (χ1) is 14.1. The summed E-state index contributed by atoms with van der Waals surface area (Å²) in [7, 11) is 1.63. The van der Waals surface area contributed by atoms with Crippen LogP contribution in [0, 0.1) is 0 Å². The molecule has 2 N–H and O–H groups in total. The average Bonchev–Trinajstić information content (AvgIpc) is 3.16. The molecular weight excluding hydrogens is 368 g/mol. The lowest BCUT2D eigenvalue weighted by Gasteiger charge is -2.32. The number of nitrogens with zero attached hydrogens (tertiary/aromatic N) is 3. The van der Waals surface area contributed by atoms with Gasteiger partial charge in [-0.05, 0) is 42.7 Å². The number of hydrogen-bond acceptors (Lipinski definition) is 6. The average molecular weight is 388 g/mol. The molecule has 0 radical (unpaired) electrons. The summed E-state index contributed by atoms with van der Waals surface area (Å²) in [4.78, 5) is 17.5. The maximum Gasteiger partial charge on any atom is 0.226 e.